The third kappa shape index (κ3) is 3.29. The zero-order valence-corrected chi connectivity index (χ0v) is 15.3. The Morgan fingerprint density at radius 1 is 1.38 bits per heavy atom. The maximum Gasteiger partial charge on any atom is 0.269 e. The maximum absolute atomic E-state index is 10.9. The van der Waals surface area contributed by atoms with Crippen LogP contribution in [0.2, 0.25) is 0 Å². The number of aryl methyl sites for hydroxylation is 1. The van der Waals surface area contributed by atoms with Crippen molar-refractivity contribution in [3.05, 3.63) is 33.9 Å². The number of thioether (sulfide) groups is 1. The highest BCUT2D eigenvalue weighted by Gasteiger charge is 2.46. The fourth-order valence-corrected chi connectivity index (χ4v) is 5.17. The lowest BCUT2D eigenvalue weighted by atomic mass is 9.98. The molecule has 0 unspecified atom stereocenters. The number of amidine groups is 1. The molecule has 1 aromatic rings. The smallest absolute Gasteiger partial charge is 0.269 e. The van der Waals surface area contributed by atoms with Crippen LogP contribution in [0, 0.1) is 17.0 Å². The predicted octanol–water partition coefficient (Wildman–Crippen LogP) is 5.05. The molecule has 1 spiro atoms. The molecule has 0 atom stereocenters. The topological polar surface area (TPSA) is 58.7 Å². The normalized spacial score (nSPS) is 21.1. The van der Waals surface area contributed by atoms with Gasteiger partial charge in [-0.05, 0) is 37.8 Å². The third-order valence-corrected chi connectivity index (χ3v) is 6.40. The lowest BCUT2D eigenvalue weighted by molar-refractivity contribution is -0.384. The summed E-state index contributed by atoms with van der Waals surface area (Å²) in [4.78, 5) is 18.0. The average Bonchev–Trinajstić information content (AvgIpc) is 3.16. The van der Waals surface area contributed by atoms with Crippen LogP contribution >= 0.6 is 11.8 Å². The summed E-state index contributed by atoms with van der Waals surface area (Å²) in [6, 6.07) is 4.94. The van der Waals surface area contributed by atoms with E-state index in [1.807, 2.05) is 18.7 Å². The van der Waals surface area contributed by atoms with Gasteiger partial charge in [0.25, 0.3) is 5.69 Å². The zero-order chi connectivity index (χ0) is 17.2. The van der Waals surface area contributed by atoms with Gasteiger partial charge in [-0.15, -0.1) is 0 Å². The summed E-state index contributed by atoms with van der Waals surface area (Å²) in [5.74, 6) is 1.13. The van der Waals surface area contributed by atoms with Gasteiger partial charge in [0, 0.05) is 24.4 Å². The van der Waals surface area contributed by atoms with Gasteiger partial charge in [0.15, 0.2) is 5.17 Å². The highest BCUT2D eigenvalue weighted by Crippen LogP contribution is 2.45. The van der Waals surface area contributed by atoms with Crippen molar-refractivity contribution in [3.63, 3.8) is 0 Å². The van der Waals surface area contributed by atoms with Crippen molar-refractivity contribution in [1.29, 1.82) is 0 Å². The van der Waals surface area contributed by atoms with Crippen LogP contribution in [0.15, 0.2) is 23.2 Å². The first-order chi connectivity index (χ1) is 11.6. The molecule has 0 N–H and O–H groups in total. The Balaban J connectivity index is 1.89. The molecule has 1 aliphatic heterocycles. The SMILES string of the molecule is CCCCN1C(=Nc2ccc([N+](=O)[O-])cc2C)SCC12CCCC2. The second-order valence-corrected chi connectivity index (χ2v) is 7.79. The lowest BCUT2D eigenvalue weighted by Crippen LogP contribution is -2.45. The molecule has 0 aromatic heterocycles. The minimum absolute atomic E-state index is 0.130. The number of nitro benzene ring substituents is 1. The number of hydrogen-bond acceptors (Lipinski definition) is 4. The van der Waals surface area contributed by atoms with Crippen molar-refractivity contribution in [1.82, 2.24) is 4.90 Å². The molecule has 3 rings (SSSR count). The molecular formula is C18H25N3O2S. The van der Waals surface area contributed by atoms with Gasteiger partial charge in [0.1, 0.15) is 0 Å². The van der Waals surface area contributed by atoms with Crippen LogP contribution in [-0.4, -0.2) is 32.8 Å². The first-order valence-electron chi connectivity index (χ1n) is 8.80. The highest BCUT2D eigenvalue weighted by molar-refractivity contribution is 8.14. The van der Waals surface area contributed by atoms with Crippen molar-refractivity contribution < 1.29 is 4.92 Å². The Morgan fingerprint density at radius 3 is 2.75 bits per heavy atom. The molecule has 0 bridgehead atoms. The van der Waals surface area contributed by atoms with Gasteiger partial charge in [-0.25, -0.2) is 4.99 Å². The van der Waals surface area contributed by atoms with E-state index < -0.39 is 0 Å². The van der Waals surface area contributed by atoms with E-state index in [0.29, 0.717) is 5.54 Å². The monoisotopic (exact) mass is 347 g/mol. The molecule has 0 radical (unpaired) electrons. The van der Waals surface area contributed by atoms with Gasteiger partial charge in [-0.2, -0.15) is 0 Å². The molecule has 1 saturated heterocycles. The Hall–Kier alpha value is -1.56. The predicted molar refractivity (Wildman–Crippen MR) is 100 cm³/mol. The summed E-state index contributed by atoms with van der Waals surface area (Å²) in [5, 5.41) is 12.0. The number of rotatable bonds is 5. The van der Waals surface area contributed by atoms with Crippen LogP contribution < -0.4 is 0 Å². The van der Waals surface area contributed by atoms with Gasteiger partial charge in [-0.3, -0.25) is 10.1 Å². The third-order valence-electron chi connectivity index (χ3n) is 5.15. The molecule has 1 saturated carbocycles. The molecule has 1 heterocycles. The number of hydrogen-bond donors (Lipinski definition) is 0. The van der Waals surface area contributed by atoms with E-state index in [2.05, 4.69) is 11.8 Å². The van der Waals surface area contributed by atoms with Crippen LogP contribution in [0.4, 0.5) is 11.4 Å². The van der Waals surface area contributed by atoms with Gasteiger partial charge >= 0.3 is 0 Å². The Kier molecular flexibility index (Phi) is 5.13. The minimum atomic E-state index is -0.352. The number of benzene rings is 1. The Labute approximate surface area is 147 Å². The van der Waals surface area contributed by atoms with Gasteiger partial charge in [0.2, 0.25) is 0 Å². The van der Waals surface area contributed by atoms with E-state index in [1.54, 1.807) is 18.2 Å². The summed E-state index contributed by atoms with van der Waals surface area (Å²) in [6.07, 6.45) is 7.52. The number of non-ortho nitro benzene ring substituents is 1. The molecule has 5 nitrogen and oxygen atoms in total. The average molecular weight is 347 g/mol. The molecule has 1 aliphatic carbocycles. The van der Waals surface area contributed by atoms with Crippen molar-refractivity contribution in [2.45, 2.75) is 57.9 Å². The largest absolute Gasteiger partial charge is 0.345 e. The van der Waals surface area contributed by atoms with E-state index in [0.717, 1.165) is 28.7 Å². The van der Waals surface area contributed by atoms with E-state index >= 15 is 0 Å². The first-order valence-corrected chi connectivity index (χ1v) is 9.78. The minimum Gasteiger partial charge on any atom is -0.345 e. The molecule has 1 aromatic carbocycles. The summed E-state index contributed by atoms with van der Waals surface area (Å²) in [6.45, 7) is 5.18. The van der Waals surface area contributed by atoms with Crippen LogP contribution in [0.1, 0.15) is 51.0 Å². The van der Waals surface area contributed by atoms with Crippen molar-refractivity contribution in [2.24, 2.45) is 4.99 Å². The molecule has 2 fully saturated rings. The number of nitro groups is 1. The van der Waals surface area contributed by atoms with E-state index in [9.17, 15) is 10.1 Å². The molecule has 0 amide bonds. The van der Waals surface area contributed by atoms with E-state index in [1.165, 1.54) is 38.5 Å². The van der Waals surface area contributed by atoms with Gasteiger partial charge < -0.3 is 4.90 Å². The van der Waals surface area contributed by atoms with Crippen LogP contribution in [0.5, 0.6) is 0 Å². The van der Waals surface area contributed by atoms with Crippen LogP contribution in [0.25, 0.3) is 0 Å². The second kappa shape index (κ2) is 7.13. The molecule has 6 heteroatoms. The zero-order valence-electron chi connectivity index (χ0n) is 14.5. The maximum atomic E-state index is 10.9. The van der Waals surface area contributed by atoms with Gasteiger partial charge in [0.05, 0.1) is 16.1 Å². The molecule has 24 heavy (non-hydrogen) atoms. The number of unbranched alkanes of at least 4 members (excludes halogenated alkanes) is 1. The number of nitrogens with zero attached hydrogens (tertiary/aromatic N) is 3. The van der Waals surface area contributed by atoms with Crippen molar-refractivity contribution in [2.75, 3.05) is 12.3 Å². The quantitative estimate of drug-likeness (QED) is 0.552. The first kappa shape index (κ1) is 17.3. The fraction of sp³-hybridized carbons (Fsp3) is 0.611. The van der Waals surface area contributed by atoms with Crippen LogP contribution in [0.3, 0.4) is 0 Å². The second-order valence-electron chi connectivity index (χ2n) is 6.85. The van der Waals surface area contributed by atoms with Gasteiger partial charge in [-0.1, -0.05) is 37.9 Å². The number of aliphatic imine (C=N–C) groups is 1. The fourth-order valence-electron chi connectivity index (χ4n) is 3.73. The molecule has 2 aliphatic rings. The van der Waals surface area contributed by atoms with E-state index in [-0.39, 0.29) is 10.6 Å². The van der Waals surface area contributed by atoms with E-state index in [4.69, 9.17) is 4.99 Å². The highest BCUT2D eigenvalue weighted by atomic mass is 32.2. The molecular weight excluding hydrogens is 322 g/mol. The summed E-state index contributed by atoms with van der Waals surface area (Å²) in [7, 11) is 0. The van der Waals surface area contributed by atoms with Crippen LogP contribution in [-0.2, 0) is 0 Å². The summed E-state index contributed by atoms with van der Waals surface area (Å²) < 4.78 is 0. The van der Waals surface area contributed by atoms with Crippen molar-refractivity contribution >= 4 is 28.3 Å². The lowest BCUT2D eigenvalue weighted by Gasteiger charge is -2.35. The Morgan fingerprint density at radius 2 is 2.12 bits per heavy atom. The van der Waals surface area contributed by atoms with Crippen molar-refractivity contribution in [3.8, 4) is 0 Å². The standard InChI is InChI=1S/C18H25N3O2S/c1-3-4-11-20-17(24-13-18(20)9-5-6-10-18)19-16-8-7-15(21(22)23)12-14(16)2/h7-8,12H,3-6,9-11,13H2,1-2H3. The summed E-state index contributed by atoms with van der Waals surface area (Å²) >= 11 is 1.85. The molecule has 130 valence electrons. The Bertz CT molecular complexity index is 654. The summed E-state index contributed by atoms with van der Waals surface area (Å²) in [5.41, 5.74) is 2.14.